The van der Waals surface area contributed by atoms with Gasteiger partial charge in [-0.25, -0.2) is 0 Å². The van der Waals surface area contributed by atoms with Crippen LogP contribution in [0, 0.1) is 0 Å². The van der Waals surface area contributed by atoms with Crippen molar-refractivity contribution in [2.24, 2.45) is 0 Å². The Morgan fingerprint density at radius 1 is 1.67 bits per heavy atom. The SMILES string of the molecule is CC(=O)NC1[C@H](OCCS)OCC(O)(CO)[C@@H]1O. The van der Waals surface area contributed by atoms with E-state index >= 15 is 0 Å². The van der Waals surface area contributed by atoms with E-state index < -0.39 is 36.6 Å². The fourth-order valence-electron chi connectivity index (χ4n) is 1.74. The lowest BCUT2D eigenvalue weighted by molar-refractivity contribution is -0.270. The molecule has 2 unspecified atom stereocenters. The van der Waals surface area contributed by atoms with Gasteiger partial charge in [0, 0.05) is 12.7 Å². The Kier molecular flexibility index (Phi) is 5.83. The number of thiol groups is 1. The minimum absolute atomic E-state index is 0.272. The summed E-state index contributed by atoms with van der Waals surface area (Å²) in [4.78, 5) is 11.1. The summed E-state index contributed by atoms with van der Waals surface area (Å²) in [6.07, 6.45) is -2.27. The zero-order valence-electron chi connectivity index (χ0n) is 10.1. The Hall–Kier alpha value is -0.380. The van der Waals surface area contributed by atoms with E-state index in [1.54, 1.807) is 0 Å². The maximum Gasteiger partial charge on any atom is 0.217 e. The highest BCUT2D eigenvalue weighted by Crippen LogP contribution is 2.24. The number of hydrogen-bond donors (Lipinski definition) is 5. The molecule has 1 amide bonds. The van der Waals surface area contributed by atoms with Crippen LogP contribution in [0.5, 0.6) is 0 Å². The van der Waals surface area contributed by atoms with Gasteiger partial charge in [0.05, 0.1) is 19.8 Å². The molecule has 7 nitrogen and oxygen atoms in total. The molecule has 0 aromatic carbocycles. The van der Waals surface area contributed by atoms with E-state index in [1.807, 2.05) is 0 Å². The molecule has 0 aromatic rings. The molecular weight excluding hydrogens is 262 g/mol. The molecule has 106 valence electrons. The van der Waals surface area contributed by atoms with Crippen LogP contribution < -0.4 is 5.32 Å². The van der Waals surface area contributed by atoms with Crippen molar-refractivity contribution in [3.8, 4) is 0 Å². The molecule has 1 rings (SSSR count). The Morgan fingerprint density at radius 3 is 2.83 bits per heavy atom. The Labute approximate surface area is 110 Å². The molecule has 0 aromatic heterocycles. The van der Waals surface area contributed by atoms with E-state index in [2.05, 4.69) is 17.9 Å². The molecule has 0 bridgehead atoms. The van der Waals surface area contributed by atoms with Crippen molar-refractivity contribution in [2.45, 2.75) is 31.0 Å². The number of rotatable bonds is 5. The van der Waals surface area contributed by atoms with Gasteiger partial charge in [0.2, 0.25) is 5.91 Å². The number of aliphatic hydroxyl groups is 3. The number of carbonyl (C=O) groups is 1. The van der Waals surface area contributed by atoms with Crippen LogP contribution in [0.2, 0.25) is 0 Å². The van der Waals surface area contributed by atoms with Gasteiger partial charge in [-0.05, 0) is 0 Å². The molecule has 0 saturated carbocycles. The van der Waals surface area contributed by atoms with Gasteiger partial charge in [0.25, 0.3) is 0 Å². The predicted octanol–water partition coefficient (Wildman–Crippen LogP) is -2.12. The molecule has 0 radical (unpaired) electrons. The lowest BCUT2D eigenvalue weighted by atomic mass is 9.89. The molecule has 1 saturated heterocycles. The first-order valence-electron chi connectivity index (χ1n) is 5.57. The topological polar surface area (TPSA) is 108 Å². The van der Waals surface area contributed by atoms with Gasteiger partial charge in [-0.15, -0.1) is 0 Å². The maximum absolute atomic E-state index is 11.1. The van der Waals surface area contributed by atoms with Crippen molar-refractivity contribution < 1.29 is 29.6 Å². The third-order valence-corrected chi connectivity index (χ3v) is 2.88. The number of carbonyl (C=O) groups excluding carboxylic acids is 1. The summed E-state index contributed by atoms with van der Waals surface area (Å²) in [7, 11) is 0. The zero-order valence-corrected chi connectivity index (χ0v) is 11.0. The zero-order chi connectivity index (χ0) is 13.8. The van der Waals surface area contributed by atoms with E-state index in [9.17, 15) is 15.0 Å². The van der Waals surface area contributed by atoms with Crippen molar-refractivity contribution in [3.63, 3.8) is 0 Å². The van der Waals surface area contributed by atoms with E-state index in [0.29, 0.717) is 5.75 Å². The summed E-state index contributed by atoms with van der Waals surface area (Å²) in [6, 6.07) is -0.951. The van der Waals surface area contributed by atoms with E-state index in [0.717, 1.165) is 0 Å². The lowest BCUT2D eigenvalue weighted by Gasteiger charge is -2.44. The summed E-state index contributed by atoms with van der Waals surface area (Å²) < 4.78 is 10.5. The van der Waals surface area contributed by atoms with Crippen LogP contribution in [0.4, 0.5) is 0 Å². The van der Waals surface area contributed by atoms with Crippen LogP contribution in [-0.4, -0.2) is 70.8 Å². The first kappa shape index (κ1) is 15.7. The average molecular weight is 281 g/mol. The molecule has 18 heavy (non-hydrogen) atoms. The lowest BCUT2D eigenvalue weighted by Crippen LogP contribution is -2.68. The maximum atomic E-state index is 11.1. The van der Waals surface area contributed by atoms with Gasteiger partial charge >= 0.3 is 0 Å². The fourth-order valence-corrected chi connectivity index (χ4v) is 1.85. The van der Waals surface area contributed by atoms with E-state index in [4.69, 9.17) is 14.6 Å². The molecule has 8 heteroatoms. The molecule has 1 aliphatic heterocycles. The summed E-state index contributed by atoms with van der Waals surface area (Å²) >= 11 is 3.97. The van der Waals surface area contributed by atoms with Gasteiger partial charge < -0.3 is 30.1 Å². The molecule has 1 heterocycles. The van der Waals surface area contributed by atoms with Gasteiger partial charge in [-0.3, -0.25) is 4.79 Å². The Bertz CT molecular complexity index is 292. The number of hydrogen-bond acceptors (Lipinski definition) is 7. The van der Waals surface area contributed by atoms with Crippen LogP contribution in [-0.2, 0) is 14.3 Å². The normalized spacial score (nSPS) is 36.4. The fraction of sp³-hybridized carbons (Fsp3) is 0.900. The van der Waals surface area contributed by atoms with Crippen molar-refractivity contribution in [1.29, 1.82) is 0 Å². The summed E-state index contributed by atoms with van der Waals surface area (Å²) in [5, 5.41) is 31.5. The largest absolute Gasteiger partial charge is 0.393 e. The highest BCUT2D eigenvalue weighted by molar-refractivity contribution is 7.80. The first-order chi connectivity index (χ1) is 8.44. The number of amides is 1. The van der Waals surface area contributed by atoms with Gasteiger partial charge in [0.15, 0.2) is 6.29 Å². The summed E-state index contributed by atoms with van der Waals surface area (Å²) in [5.74, 6) is 0.0526. The van der Waals surface area contributed by atoms with Crippen LogP contribution >= 0.6 is 12.6 Å². The third-order valence-electron chi connectivity index (χ3n) is 2.70. The van der Waals surface area contributed by atoms with E-state index in [1.165, 1.54) is 6.92 Å². The first-order valence-corrected chi connectivity index (χ1v) is 6.20. The molecule has 4 N–H and O–H groups in total. The van der Waals surface area contributed by atoms with Crippen molar-refractivity contribution in [2.75, 3.05) is 25.6 Å². The van der Waals surface area contributed by atoms with E-state index in [-0.39, 0.29) is 13.2 Å². The minimum Gasteiger partial charge on any atom is -0.393 e. The second-order valence-corrected chi connectivity index (χ2v) is 4.65. The molecule has 4 atom stereocenters. The predicted molar refractivity (Wildman–Crippen MR) is 65.2 cm³/mol. The smallest absolute Gasteiger partial charge is 0.217 e. The average Bonchev–Trinajstić information content (AvgIpc) is 2.34. The molecule has 0 spiro atoms. The number of aliphatic hydroxyl groups excluding tert-OH is 2. The quantitative estimate of drug-likeness (QED) is 0.369. The number of ether oxygens (including phenoxy) is 2. The Morgan fingerprint density at radius 2 is 2.33 bits per heavy atom. The van der Waals surface area contributed by atoms with Crippen LogP contribution in [0.3, 0.4) is 0 Å². The highest BCUT2D eigenvalue weighted by Gasteiger charge is 2.49. The van der Waals surface area contributed by atoms with Crippen molar-refractivity contribution in [3.05, 3.63) is 0 Å². The van der Waals surface area contributed by atoms with Gasteiger partial charge in [-0.2, -0.15) is 12.6 Å². The molecule has 1 fully saturated rings. The second-order valence-electron chi connectivity index (χ2n) is 4.21. The Balaban J connectivity index is 2.78. The number of nitrogens with one attached hydrogen (secondary N) is 1. The van der Waals surface area contributed by atoms with Gasteiger partial charge in [-0.1, -0.05) is 0 Å². The van der Waals surface area contributed by atoms with Crippen LogP contribution in [0.1, 0.15) is 6.92 Å². The molecule has 1 aliphatic rings. The van der Waals surface area contributed by atoms with Crippen molar-refractivity contribution >= 4 is 18.5 Å². The second kappa shape index (κ2) is 6.69. The molecular formula is C10H19NO6S. The molecule has 0 aliphatic carbocycles. The monoisotopic (exact) mass is 281 g/mol. The summed E-state index contributed by atoms with van der Waals surface area (Å²) in [5.41, 5.74) is -1.81. The standard InChI is InChI=1S/C10H19NO6S/c1-6(13)11-7-8(14)10(15,4-12)5-17-9(7)16-2-3-18/h7-9,12,14-15,18H,2-5H2,1H3,(H,11,13)/t7?,8-,9-,10?/m1/s1. The highest BCUT2D eigenvalue weighted by atomic mass is 32.1. The van der Waals surface area contributed by atoms with Crippen LogP contribution in [0.15, 0.2) is 0 Å². The van der Waals surface area contributed by atoms with Gasteiger partial charge in [0.1, 0.15) is 17.7 Å². The van der Waals surface area contributed by atoms with Crippen molar-refractivity contribution in [1.82, 2.24) is 5.32 Å². The third kappa shape index (κ3) is 3.56. The van der Waals surface area contributed by atoms with Crippen LogP contribution in [0.25, 0.3) is 0 Å². The summed E-state index contributed by atoms with van der Waals surface area (Å²) in [6.45, 7) is 0.588. The minimum atomic E-state index is -1.81.